The number of hydrogen-bond acceptors (Lipinski definition) is 3. The first kappa shape index (κ1) is 14.3. The molecular formula is C19H20N2O2. The SMILES string of the molecule is c1ccc(COc2cccc3c2cnn3C2CCCCO2)cc1. The van der Waals surface area contributed by atoms with E-state index < -0.39 is 0 Å². The number of benzene rings is 2. The summed E-state index contributed by atoms with van der Waals surface area (Å²) in [5.41, 5.74) is 2.23. The molecule has 0 radical (unpaired) electrons. The molecule has 0 amide bonds. The lowest BCUT2D eigenvalue weighted by molar-refractivity contribution is -0.0366. The third-order valence-electron chi connectivity index (χ3n) is 4.27. The van der Waals surface area contributed by atoms with Crippen LogP contribution in [-0.2, 0) is 11.3 Å². The molecule has 1 aliphatic rings. The minimum absolute atomic E-state index is 0.0469. The molecule has 0 saturated carbocycles. The summed E-state index contributed by atoms with van der Waals surface area (Å²) in [6.07, 6.45) is 5.28. The smallest absolute Gasteiger partial charge is 0.150 e. The Kier molecular flexibility index (Phi) is 3.99. The van der Waals surface area contributed by atoms with Crippen molar-refractivity contribution in [3.8, 4) is 5.75 Å². The molecule has 0 spiro atoms. The standard InChI is InChI=1S/C19H20N2O2/c1-2-7-15(8-3-1)14-23-18-10-6-9-17-16(18)13-20-21(17)19-11-4-5-12-22-19/h1-3,6-10,13,19H,4-5,11-12,14H2. The van der Waals surface area contributed by atoms with Gasteiger partial charge >= 0.3 is 0 Å². The molecule has 0 N–H and O–H groups in total. The Bertz CT molecular complexity index is 776. The molecule has 1 aromatic heterocycles. The first-order valence-corrected chi connectivity index (χ1v) is 8.16. The Morgan fingerprint density at radius 2 is 2.00 bits per heavy atom. The largest absolute Gasteiger partial charge is 0.488 e. The Morgan fingerprint density at radius 3 is 2.83 bits per heavy atom. The molecule has 1 aliphatic heterocycles. The monoisotopic (exact) mass is 308 g/mol. The molecule has 118 valence electrons. The fourth-order valence-electron chi connectivity index (χ4n) is 3.05. The number of fused-ring (bicyclic) bond motifs is 1. The maximum atomic E-state index is 6.01. The zero-order valence-electron chi connectivity index (χ0n) is 13.0. The van der Waals surface area contributed by atoms with Crippen LogP contribution in [0.2, 0.25) is 0 Å². The van der Waals surface area contributed by atoms with E-state index in [1.165, 1.54) is 6.42 Å². The molecule has 4 heteroatoms. The van der Waals surface area contributed by atoms with Crippen LogP contribution in [0.15, 0.2) is 54.7 Å². The van der Waals surface area contributed by atoms with E-state index in [9.17, 15) is 0 Å². The molecule has 1 saturated heterocycles. The summed E-state index contributed by atoms with van der Waals surface area (Å²) in [6, 6.07) is 16.3. The van der Waals surface area contributed by atoms with Crippen molar-refractivity contribution in [1.29, 1.82) is 0 Å². The first-order valence-electron chi connectivity index (χ1n) is 8.16. The van der Waals surface area contributed by atoms with Gasteiger partial charge in [0.1, 0.15) is 12.4 Å². The van der Waals surface area contributed by atoms with Crippen LogP contribution < -0.4 is 4.74 Å². The molecule has 2 aromatic carbocycles. The second kappa shape index (κ2) is 6.42. The fourth-order valence-corrected chi connectivity index (χ4v) is 3.05. The summed E-state index contributed by atoms with van der Waals surface area (Å²) in [7, 11) is 0. The Morgan fingerprint density at radius 1 is 1.09 bits per heavy atom. The highest BCUT2D eigenvalue weighted by atomic mass is 16.5. The molecule has 1 unspecified atom stereocenters. The van der Waals surface area contributed by atoms with E-state index in [1.807, 2.05) is 41.2 Å². The maximum absolute atomic E-state index is 6.01. The van der Waals surface area contributed by atoms with Crippen LogP contribution in [-0.4, -0.2) is 16.4 Å². The van der Waals surface area contributed by atoms with Crippen molar-refractivity contribution in [2.75, 3.05) is 6.61 Å². The van der Waals surface area contributed by atoms with Crippen LogP contribution in [0.3, 0.4) is 0 Å². The lowest BCUT2D eigenvalue weighted by atomic mass is 10.2. The van der Waals surface area contributed by atoms with Gasteiger partial charge in [-0.05, 0) is 37.0 Å². The summed E-state index contributed by atoms with van der Waals surface area (Å²) in [4.78, 5) is 0. The highest BCUT2D eigenvalue weighted by Gasteiger charge is 2.19. The third kappa shape index (κ3) is 2.94. The molecule has 1 fully saturated rings. The van der Waals surface area contributed by atoms with Gasteiger partial charge in [0.2, 0.25) is 0 Å². The number of nitrogens with zero attached hydrogens (tertiary/aromatic N) is 2. The normalized spacial score (nSPS) is 18.2. The second-order valence-corrected chi connectivity index (χ2v) is 5.87. The van der Waals surface area contributed by atoms with Crippen LogP contribution in [0.4, 0.5) is 0 Å². The van der Waals surface area contributed by atoms with Gasteiger partial charge < -0.3 is 9.47 Å². The van der Waals surface area contributed by atoms with Crippen LogP contribution in [0, 0.1) is 0 Å². The van der Waals surface area contributed by atoms with E-state index in [0.29, 0.717) is 6.61 Å². The molecule has 0 aliphatic carbocycles. The van der Waals surface area contributed by atoms with Crippen LogP contribution in [0.1, 0.15) is 31.1 Å². The van der Waals surface area contributed by atoms with Gasteiger partial charge in [-0.15, -0.1) is 0 Å². The lowest BCUT2D eigenvalue weighted by Crippen LogP contribution is -2.18. The first-order chi connectivity index (χ1) is 11.4. The van der Waals surface area contributed by atoms with Gasteiger partial charge in [0.15, 0.2) is 6.23 Å². The van der Waals surface area contributed by atoms with Crippen molar-refractivity contribution < 1.29 is 9.47 Å². The molecule has 4 rings (SSSR count). The van der Waals surface area contributed by atoms with Crippen molar-refractivity contribution in [1.82, 2.24) is 9.78 Å². The van der Waals surface area contributed by atoms with Crippen molar-refractivity contribution in [3.63, 3.8) is 0 Å². The molecule has 4 nitrogen and oxygen atoms in total. The number of aromatic nitrogens is 2. The van der Waals surface area contributed by atoms with Crippen molar-refractivity contribution in [3.05, 3.63) is 60.3 Å². The van der Waals surface area contributed by atoms with Crippen molar-refractivity contribution in [2.45, 2.75) is 32.1 Å². The van der Waals surface area contributed by atoms with Crippen LogP contribution in [0.25, 0.3) is 10.9 Å². The van der Waals surface area contributed by atoms with Gasteiger partial charge in [0, 0.05) is 6.61 Å². The van der Waals surface area contributed by atoms with Crippen LogP contribution in [0.5, 0.6) is 5.75 Å². The van der Waals surface area contributed by atoms with Crippen molar-refractivity contribution in [2.24, 2.45) is 0 Å². The maximum Gasteiger partial charge on any atom is 0.150 e. The Balaban J connectivity index is 1.59. The van der Waals surface area contributed by atoms with Gasteiger partial charge in [-0.3, -0.25) is 0 Å². The van der Waals surface area contributed by atoms with Crippen molar-refractivity contribution >= 4 is 10.9 Å². The highest BCUT2D eigenvalue weighted by molar-refractivity contribution is 5.85. The summed E-state index contributed by atoms with van der Waals surface area (Å²) in [6.45, 7) is 1.38. The second-order valence-electron chi connectivity index (χ2n) is 5.87. The highest BCUT2D eigenvalue weighted by Crippen LogP contribution is 2.30. The predicted molar refractivity (Wildman–Crippen MR) is 89.3 cm³/mol. The van der Waals surface area contributed by atoms with E-state index >= 15 is 0 Å². The molecule has 1 atom stereocenters. The van der Waals surface area contributed by atoms with E-state index in [0.717, 1.165) is 41.7 Å². The van der Waals surface area contributed by atoms with E-state index in [2.05, 4.69) is 23.3 Å². The average molecular weight is 308 g/mol. The van der Waals surface area contributed by atoms with Gasteiger partial charge in [-0.1, -0.05) is 36.4 Å². The minimum Gasteiger partial charge on any atom is -0.488 e. The summed E-state index contributed by atoms with van der Waals surface area (Å²) in [5.74, 6) is 0.869. The fraction of sp³-hybridized carbons (Fsp3) is 0.316. The van der Waals surface area contributed by atoms with Gasteiger partial charge in [-0.2, -0.15) is 5.10 Å². The Hall–Kier alpha value is -2.33. The molecule has 0 bridgehead atoms. The zero-order chi connectivity index (χ0) is 15.5. The van der Waals surface area contributed by atoms with Crippen LogP contribution >= 0.6 is 0 Å². The van der Waals surface area contributed by atoms with Gasteiger partial charge in [-0.25, -0.2) is 4.68 Å². The number of hydrogen-bond donors (Lipinski definition) is 0. The third-order valence-corrected chi connectivity index (χ3v) is 4.27. The number of ether oxygens (including phenoxy) is 2. The summed E-state index contributed by atoms with van der Waals surface area (Å²) in [5, 5.41) is 5.59. The predicted octanol–water partition coefficient (Wildman–Crippen LogP) is 4.31. The molecule has 23 heavy (non-hydrogen) atoms. The Labute approximate surface area is 135 Å². The van der Waals surface area contributed by atoms with Gasteiger partial charge in [0.25, 0.3) is 0 Å². The average Bonchev–Trinajstić information content (AvgIpc) is 3.06. The zero-order valence-corrected chi connectivity index (χ0v) is 13.0. The van der Waals surface area contributed by atoms with E-state index in [4.69, 9.17) is 9.47 Å². The van der Waals surface area contributed by atoms with Gasteiger partial charge in [0.05, 0.1) is 17.1 Å². The molecule has 2 heterocycles. The minimum atomic E-state index is 0.0469. The molecular weight excluding hydrogens is 288 g/mol. The van der Waals surface area contributed by atoms with E-state index in [1.54, 1.807) is 0 Å². The van der Waals surface area contributed by atoms with E-state index in [-0.39, 0.29) is 6.23 Å². The summed E-state index contributed by atoms with van der Waals surface area (Å²) < 4.78 is 13.9. The lowest BCUT2D eigenvalue weighted by Gasteiger charge is -2.23. The topological polar surface area (TPSA) is 36.3 Å². The summed E-state index contributed by atoms with van der Waals surface area (Å²) >= 11 is 0. The quantitative estimate of drug-likeness (QED) is 0.720. The number of rotatable bonds is 4. The molecule has 3 aromatic rings.